The second kappa shape index (κ2) is 7.23. The van der Waals surface area contributed by atoms with Crippen molar-refractivity contribution in [1.82, 2.24) is 15.0 Å². The molecule has 0 fully saturated rings. The first kappa shape index (κ1) is 15.5. The lowest BCUT2D eigenvalue weighted by Crippen LogP contribution is -2.09. The fraction of sp³-hybridized carbons (Fsp3) is 0.0625. The van der Waals surface area contributed by atoms with Gasteiger partial charge in [-0.25, -0.2) is 0 Å². The van der Waals surface area contributed by atoms with Crippen LogP contribution in [0.4, 0.5) is 17.6 Å². The van der Waals surface area contributed by atoms with Crippen molar-refractivity contribution in [3.05, 3.63) is 64.0 Å². The lowest BCUT2D eigenvalue weighted by atomic mass is 10.3. The summed E-state index contributed by atoms with van der Waals surface area (Å²) in [6, 6.07) is 17.4. The minimum atomic E-state index is 0.153. The highest BCUT2D eigenvalue weighted by molar-refractivity contribution is 14.1. The Bertz CT molecular complexity index is 797. The van der Waals surface area contributed by atoms with Crippen molar-refractivity contribution in [2.45, 2.75) is 6.61 Å². The maximum absolute atomic E-state index is 5.75. The Morgan fingerprint density at radius 2 is 1.70 bits per heavy atom. The van der Waals surface area contributed by atoms with Crippen molar-refractivity contribution in [3.63, 3.8) is 0 Å². The monoisotopic (exact) mass is 419 g/mol. The van der Waals surface area contributed by atoms with E-state index in [2.05, 4.69) is 42.9 Å². The summed E-state index contributed by atoms with van der Waals surface area (Å²) < 4.78 is 6.76. The van der Waals surface area contributed by atoms with Gasteiger partial charge in [0.05, 0.1) is 3.57 Å². The average molecular weight is 419 g/mol. The fourth-order valence-electron chi connectivity index (χ4n) is 1.91. The van der Waals surface area contributed by atoms with E-state index in [1.54, 1.807) is 0 Å². The van der Waals surface area contributed by atoms with E-state index in [1.807, 2.05) is 54.6 Å². The number of ether oxygens (including phenoxy) is 1. The van der Waals surface area contributed by atoms with Gasteiger partial charge in [0.1, 0.15) is 12.4 Å². The van der Waals surface area contributed by atoms with Gasteiger partial charge in [-0.3, -0.25) is 0 Å². The molecule has 0 aliphatic carbocycles. The highest BCUT2D eigenvalue weighted by atomic mass is 127. The van der Waals surface area contributed by atoms with Gasteiger partial charge >= 0.3 is 0 Å². The van der Waals surface area contributed by atoms with Crippen LogP contribution in [0.25, 0.3) is 0 Å². The van der Waals surface area contributed by atoms with E-state index in [1.165, 1.54) is 0 Å². The van der Waals surface area contributed by atoms with E-state index in [0.29, 0.717) is 11.8 Å². The number of halogens is 1. The number of anilines is 3. The zero-order chi connectivity index (χ0) is 16.1. The maximum Gasteiger partial charge on any atom is 0.232 e. The minimum absolute atomic E-state index is 0.153. The highest BCUT2D eigenvalue weighted by Gasteiger charge is 2.07. The van der Waals surface area contributed by atoms with Crippen LogP contribution in [0.5, 0.6) is 5.75 Å². The first-order valence-electron chi connectivity index (χ1n) is 6.90. The van der Waals surface area contributed by atoms with Crippen LogP contribution < -0.4 is 15.8 Å². The normalized spacial score (nSPS) is 10.3. The maximum atomic E-state index is 5.75. The third-order valence-electron chi connectivity index (χ3n) is 2.92. The molecule has 0 atom stereocenters. The number of benzene rings is 2. The Labute approximate surface area is 147 Å². The quantitative estimate of drug-likeness (QED) is 0.617. The third kappa shape index (κ3) is 4.28. The fourth-order valence-corrected chi connectivity index (χ4v) is 2.46. The molecule has 23 heavy (non-hydrogen) atoms. The summed E-state index contributed by atoms with van der Waals surface area (Å²) in [7, 11) is 0. The van der Waals surface area contributed by atoms with Gasteiger partial charge in [0.2, 0.25) is 11.9 Å². The van der Waals surface area contributed by atoms with Crippen LogP contribution in [-0.4, -0.2) is 15.0 Å². The molecule has 2 aromatic carbocycles. The molecule has 0 saturated carbocycles. The number of hydrogen-bond acceptors (Lipinski definition) is 6. The summed E-state index contributed by atoms with van der Waals surface area (Å²) >= 11 is 2.22. The largest absolute Gasteiger partial charge is 0.484 e. The van der Waals surface area contributed by atoms with Gasteiger partial charge in [-0.05, 0) is 46.9 Å². The van der Waals surface area contributed by atoms with Crippen LogP contribution in [0.3, 0.4) is 0 Å². The Morgan fingerprint density at radius 3 is 2.48 bits per heavy atom. The van der Waals surface area contributed by atoms with Gasteiger partial charge in [0.15, 0.2) is 5.82 Å². The number of nitrogens with two attached hydrogens (primary N) is 1. The standard InChI is InChI=1S/C16H14IN5O/c17-12-8-4-5-9-13(12)23-10-14-20-15(18)22-16(21-14)19-11-6-2-1-3-7-11/h1-9H,10H2,(H3,18,19,20,21,22). The Kier molecular flexibility index (Phi) is 4.86. The molecule has 1 aromatic heterocycles. The zero-order valence-electron chi connectivity index (χ0n) is 12.1. The lowest BCUT2D eigenvalue weighted by molar-refractivity contribution is 0.293. The van der Waals surface area contributed by atoms with E-state index in [0.717, 1.165) is 15.0 Å². The SMILES string of the molecule is Nc1nc(COc2ccccc2I)nc(Nc2ccccc2)n1. The van der Waals surface area contributed by atoms with Crippen molar-refractivity contribution in [2.75, 3.05) is 11.1 Å². The molecule has 0 saturated heterocycles. The lowest BCUT2D eigenvalue weighted by Gasteiger charge is -2.09. The van der Waals surface area contributed by atoms with Crippen LogP contribution in [-0.2, 0) is 6.61 Å². The highest BCUT2D eigenvalue weighted by Crippen LogP contribution is 2.20. The van der Waals surface area contributed by atoms with Crippen molar-refractivity contribution in [1.29, 1.82) is 0 Å². The van der Waals surface area contributed by atoms with E-state index in [-0.39, 0.29) is 12.6 Å². The van der Waals surface area contributed by atoms with Crippen LogP contribution in [0.15, 0.2) is 54.6 Å². The number of aromatic nitrogens is 3. The first-order chi connectivity index (χ1) is 11.2. The number of para-hydroxylation sites is 2. The topological polar surface area (TPSA) is 86.0 Å². The first-order valence-corrected chi connectivity index (χ1v) is 7.98. The molecule has 3 rings (SSSR count). The second-order valence-corrected chi connectivity index (χ2v) is 5.81. The number of nitrogens with zero attached hydrogens (tertiary/aromatic N) is 3. The Balaban J connectivity index is 1.74. The molecule has 116 valence electrons. The molecular formula is C16H14IN5O. The Morgan fingerprint density at radius 1 is 0.957 bits per heavy atom. The summed E-state index contributed by atoms with van der Waals surface area (Å²) in [5.41, 5.74) is 6.63. The van der Waals surface area contributed by atoms with Crippen LogP contribution in [0.1, 0.15) is 5.82 Å². The number of nitrogen functional groups attached to an aromatic ring is 1. The summed E-state index contributed by atoms with van der Waals surface area (Å²) in [5, 5.41) is 3.10. The molecule has 0 aliphatic heterocycles. The van der Waals surface area contributed by atoms with Crippen LogP contribution in [0.2, 0.25) is 0 Å². The molecule has 3 aromatic rings. The molecule has 7 heteroatoms. The molecule has 0 aliphatic rings. The van der Waals surface area contributed by atoms with E-state index >= 15 is 0 Å². The van der Waals surface area contributed by atoms with Gasteiger partial charge < -0.3 is 15.8 Å². The molecular weight excluding hydrogens is 405 g/mol. The Hall–Kier alpha value is -2.42. The molecule has 0 radical (unpaired) electrons. The summed E-state index contributed by atoms with van der Waals surface area (Å²) in [5.74, 6) is 1.80. The van der Waals surface area contributed by atoms with E-state index < -0.39 is 0 Å². The van der Waals surface area contributed by atoms with Gasteiger partial charge in [-0.1, -0.05) is 30.3 Å². The number of nitrogens with one attached hydrogen (secondary N) is 1. The molecule has 3 N–H and O–H groups in total. The van der Waals surface area contributed by atoms with Crippen LogP contribution in [0, 0.1) is 3.57 Å². The predicted molar refractivity (Wildman–Crippen MR) is 97.5 cm³/mol. The van der Waals surface area contributed by atoms with Crippen molar-refractivity contribution < 1.29 is 4.74 Å². The second-order valence-electron chi connectivity index (χ2n) is 4.64. The van der Waals surface area contributed by atoms with Crippen molar-refractivity contribution in [3.8, 4) is 5.75 Å². The number of rotatable bonds is 5. The van der Waals surface area contributed by atoms with Gasteiger partial charge in [-0.15, -0.1) is 0 Å². The average Bonchev–Trinajstić information content (AvgIpc) is 2.54. The smallest absolute Gasteiger partial charge is 0.232 e. The molecule has 6 nitrogen and oxygen atoms in total. The number of hydrogen-bond donors (Lipinski definition) is 2. The van der Waals surface area contributed by atoms with Gasteiger partial charge in [-0.2, -0.15) is 15.0 Å². The van der Waals surface area contributed by atoms with Crippen LogP contribution >= 0.6 is 22.6 Å². The predicted octanol–water partition coefficient (Wildman–Crippen LogP) is 3.38. The molecule has 0 unspecified atom stereocenters. The summed E-state index contributed by atoms with van der Waals surface area (Å²) in [6.07, 6.45) is 0. The summed E-state index contributed by atoms with van der Waals surface area (Å²) in [4.78, 5) is 12.5. The molecule has 1 heterocycles. The zero-order valence-corrected chi connectivity index (χ0v) is 14.3. The van der Waals surface area contributed by atoms with E-state index in [4.69, 9.17) is 10.5 Å². The minimum Gasteiger partial charge on any atom is -0.484 e. The van der Waals surface area contributed by atoms with Crippen molar-refractivity contribution >= 4 is 40.2 Å². The summed E-state index contributed by atoms with van der Waals surface area (Å²) in [6.45, 7) is 0.218. The van der Waals surface area contributed by atoms with Gasteiger partial charge in [0.25, 0.3) is 0 Å². The third-order valence-corrected chi connectivity index (χ3v) is 3.81. The molecule has 0 amide bonds. The van der Waals surface area contributed by atoms with E-state index in [9.17, 15) is 0 Å². The van der Waals surface area contributed by atoms with Crippen molar-refractivity contribution in [2.24, 2.45) is 0 Å². The van der Waals surface area contributed by atoms with Gasteiger partial charge in [0, 0.05) is 5.69 Å². The molecule has 0 bridgehead atoms. The molecule has 0 spiro atoms.